The quantitative estimate of drug-likeness (QED) is 0.741. The lowest BCUT2D eigenvalue weighted by Crippen LogP contribution is -2.47. The number of aliphatic carboxylic acids is 1. The monoisotopic (exact) mass is 258 g/mol. The molecule has 0 aromatic heterocycles. The average molecular weight is 258 g/mol. The third-order valence-corrected chi connectivity index (χ3v) is 3.94. The van der Waals surface area contributed by atoms with E-state index in [9.17, 15) is 4.79 Å². The summed E-state index contributed by atoms with van der Waals surface area (Å²) in [4.78, 5) is 13.2. The van der Waals surface area contributed by atoms with Gasteiger partial charge in [0.1, 0.15) is 5.54 Å². The Hall–Kier alpha value is -0.650. The Morgan fingerprint density at radius 1 is 1.61 bits per heavy atom. The van der Waals surface area contributed by atoms with Crippen molar-refractivity contribution in [2.45, 2.75) is 44.8 Å². The van der Waals surface area contributed by atoms with E-state index in [4.69, 9.17) is 15.6 Å². The molecule has 5 heteroatoms. The van der Waals surface area contributed by atoms with Gasteiger partial charge in [0.05, 0.1) is 6.10 Å². The van der Waals surface area contributed by atoms with Gasteiger partial charge in [-0.25, -0.2) is 0 Å². The SMILES string of the molecule is COC1CN(CCCC(C)(N)C(=O)O)CCC1C. The first-order valence-corrected chi connectivity index (χ1v) is 6.64. The van der Waals surface area contributed by atoms with Crippen molar-refractivity contribution < 1.29 is 14.6 Å². The third-order valence-electron chi connectivity index (χ3n) is 3.94. The third kappa shape index (κ3) is 4.23. The predicted molar refractivity (Wildman–Crippen MR) is 70.5 cm³/mol. The zero-order valence-corrected chi connectivity index (χ0v) is 11.7. The molecule has 3 unspecified atom stereocenters. The van der Waals surface area contributed by atoms with Gasteiger partial charge < -0.3 is 20.5 Å². The van der Waals surface area contributed by atoms with Crippen molar-refractivity contribution in [1.82, 2.24) is 4.90 Å². The molecular formula is C13H26N2O3. The summed E-state index contributed by atoms with van der Waals surface area (Å²) >= 11 is 0. The van der Waals surface area contributed by atoms with Crippen molar-refractivity contribution in [3.63, 3.8) is 0 Å². The minimum Gasteiger partial charge on any atom is -0.480 e. The van der Waals surface area contributed by atoms with Gasteiger partial charge in [0.15, 0.2) is 0 Å². The molecule has 0 aliphatic carbocycles. The summed E-state index contributed by atoms with van der Waals surface area (Å²) in [6.07, 6.45) is 2.75. The van der Waals surface area contributed by atoms with Crippen LogP contribution < -0.4 is 5.73 Å². The minimum atomic E-state index is -1.11. The molecule has 3 atom stereocenters. The predicted octanol–water partition coefficient (Wildman–Crippen LogP) is 0.925. The van der Waals surface area contributed by atoms with E-state index in [2.05, 4.69) is 11.8 Å². The molecule has 0 amide bonds. The van der Waals surface area contributed by atoms with Gasteiger partial charge in [-0.2, -0.15) is 0 Å². The molecule has 0 bridgehead atoms. The second kappa shape index (κ2) is 6.50. The molecule has 1 heterocycles. The number of methoxy groups -OCH3 is 1. The Morgan fingerprint density at radius 2 is 2.28 bits per heavy atom. The molecule has 1 rings (SSSR count). The highest BCUT2D eigenvalue weighted by Gasteiger charge is 2.29. The molecule has 0 aromatic carbocycles. The Balaban J connectivity index is 2.30. The standard InChI is InChI=1S/C13H26N2O3/c1-10-5-8-15(9-11(10)18-3)7-4-6-13(2,14)12(16)17/h10-11H,4-9,14H2,1-3H3,(H,16,17). The van der Waals surface area contributed by atoms with Crippen LogP contribution in [0.15, 0.2) is 0 Å². The summed E-state index contributed by atoms with van der Waals surface area (Å²) in [6, 6.07) is 0. The van der Waals surface area contributed by atoms with Gasteiger partial charge in [-0.05, 0) is 45.2 Å². The lowest BCUT2D eigenvalue weighted by atomic mass is 9.94. The molecular weight excluding hydrogens is 232 g/mol. The fraction of sp³-hybridized carbons (Fsp3) is 0.923. The Labute approximate surface area is 109 Å². The smallest absolute Gasteiger partial charge is 0.323 e. The summed E-state index contributed by atoms with van der Waals surface area (Å²) in [5, 5.41) is 8.93. The number of piperidine rings is 1. The molecule has 0 radical (unpaired) electrons. The first-order valence-electron chi connectivity index (χ1n) is 6.64. The molecule has 3 N–H and O–H groups in total. The van der Waals surface area contributed by atoms with E-state index < -0.39 is 11.5 Å². The number of ether oxygens (including phenoxy) is 1. The van der Waals surface area contributed by atoms with Crippen LogP contribution in [0.5, 0.6) is 0 Å². The van der Waals surface area contributed by atoms with Crippen LogP contribution in [-0.4, -0.2) is 54.4 Å². The Bertz CT molecular complexity index is 281. The fourth-order valence-electron chi connectivity index (χ4n) is 2.38. The number of nitrogens with two attached hydrogens (primary N) is 1. The first kappa shape index (κ1) is 15.4. The molecule has 0 saturated carbocycles. The Kier molecular flexibility index (Phi) is 5.56. The van der Waals surface area contributed by atoms with Crippen LogP contribution in [0.25, 0.3) is 0 Å². The van der Waals surface area contributed by atoms with E-state index >= 15 is 0 Å². The van der Waals surface area contributed by atoms with E-state index in [1.165, 1.54) is 0 Å². The molecule has 5 nitrogen and oxygen atoms in total. The van der Waals surface area contributed by atoms with Crippen LogP contribution in [0, 0.1) is 5.92 Å². The van der Waals surface area contributed by atoms with E-state index in [1.54, 1.807) is 14.0 Å². The Morgan fingerprint density at radius 3 is 2.83 bits per heavy atom. The van der Waals surface area contributed by atoms with Crippen LogP contribution in [0.2, 0.25) is 0 Å². The summed E-state index contributed by atoms with van der Waals surface area (Å²) < 4.78 is 5.46. The van der Waals surface area contributed by atoms with Gasteiger partial charge in [-0.1, -0.05) is 6.92 Å². The van der Waals surface area contributed by atoms with Crippen LogP contribution >= 0.6 is 0 Å². The number of carbonyl (C=O) groups is 1. The van der Waals surface area contributed by atoms with E-state index in [0.717, 1.165) is 32.5 Å². The van der Waals surface area contributed by atoms with Crippen LogP contribution in [-0.2, 0) is 9.53 Å². The van der Waals surface area contributed by atoms with Crippen molar-refractivity contribution in [2.24, 2.45) is 11.7 Å². The summed E-state index contributed by atoms with van der Waals surface area (Å²) in [7, 11) is 1.76. The first-order chi connectivity index (χ1) is 8.36. The average Bonchev–Trinajstić information content (AvgIpc) is 2.31. The van der Waals surface area contributed by atoms with Gasteiger partial charge in [-0.3, -0.25) is 4.79 Å². The number of likely N-dealkylation sites (tertiary alicyclic amines) is 1. The van der Waals surface area contributed by atoms with E-state index in [1.807, 2.05) is 0 Å². The largest absolute Gasteiger partial charge is 0.480 e. The summed E-state index contributed by atoms with van der Waals surface area (Å²) in [6.45, 7) is 6.69. The topological polar surface area (TPSA) is 75.8 Å². The van der Waals surface area contributed by atoms with Crippen LogP contribution in [0.3, 0.4) is 0 Å². The van der Waals surface area contributed by atoms with Gasteiger partial charge in [0.25, 0.3) is 0 Å². The maximum Gasteiger partial charge on any atom is 0.323 e. The number of hydrogen-bond acceptors (Lipinski definition) is 4. The number of carboxylic acids is 1. The van der Waals surface area contributed by atoms with Crippen molar-refractivity contribution in [1.29, 1.82) is 0 Å². The second-order valence-electron chi connectivity index (χ2n) is 5.67. The van der Waals surface area contributed by atoms with Gasteiger partial charge >= 0.3 is 5.97 Å². The van der Waals surface area contributed by atoms with Gasteiger partial charge in [0.2, 0.25) is 0 Å². The highest BCUT2D eigenvalue weighted by Crippen LogP contribution is 2.20. The number of rotatable bonds is 6. The van der Waals surface area contributed by atoms with E-state index in [0.29, 0.717) is 18.4 Å². The molecule has 18 heavy (non-hydrogen) atoms. The van der Waals surface area contributed by atoms with Gasteiger partial charge in [0, 0.05) is 13.7 Å². The fourth-order valence-corrected chi connectivity index (χ4v) is 2.38. The van der Waals surface area contributed by atoms with Crippen LogP contribution in [0.1, 0.15) is 33.1 Å². The summed E-state index contributed by atoms with van der Waals surface area (Å²) in [5.74, 6) is -0.324. The maximum atomic E-state index is 10.9. The molecule has 1 aliphatic rings. The molecule has 106 valence electrons. The number of nitrogens with zero attached hydrogens (tertiary/aromatic N) is 1. The molecule has 0 aromatic rings. The highest BCUT2D eigenvalue weighted by molar-refractivity contribution is 5.77. The van der Waals surface area contributed by atoms with Crippen LogP contribution in [0.4, 0.5) is 0 Å². The second-order valence-corrected chi connectivity index (χ2v) is 5.67. The van der Waals surface area contributed by atoms with Crippen molar-refractivity contribution in [3.05, 3.63) is 0 Å². The highest BCUT2D eigenvalue weighted by atomic mass is 16.5. The maximum absolute atomic E-state index is 10.9. The van der Waals surface area contributed by atoms with Crippen molar-refractivity contribution >= 4 is 5.97 Å². The lowest BCUT2D eigenvalue weighted by Gasteiger charge is -2.36. The number of carboxylic acid groups (broad SMARTS) is 1. The lowest BCUT2D eigenvalue weighted by molar-refractivity contribution is -0.143. The van der Waals surface area contributed by atoms with E-state index in [-0.39, 0.29) is 0 Å². The summed E-state index contributed by atoms with van der Waals surface area (Å²) in [5.41, 5.74) is 4.60. The molecule has 1 fully saturated rings. The van der Waals surface area contributed by atoms with Crippen molar-refractivity contribution in [2.75, 3.05) is 26.7 Å². The molecule has 1 saturated heterocycles. The molecule has 0 spiro atoms. The zero-order valence-electron chi connectivity index (χ0n) is 11.7. The van der Waals surface area contributed by atoms with Crippen molar-refractivity contribution in [3.8, 4) is 0 Å². The normalized spacial score (nSPS) is 28.9. The number of hydrogen-bond donors (Lipinski definition) is 2. The zero-order chi connectivity index (χ0) is 13.8. The minimum absolute atomic E-state index is 0.294. The molecule has 1 aliphatic heterocycles. The van der Waals surface area contributed by atoms with Gasteiger partial charge in [-0.15, -0.1) is 0 Å².